The Morgan fingerprint density at radius 1 is 1.28 bits per heavy atom. The van der Waals surface area contributed by atoms with Gasteiger partial charge < -0.3 is 15.5 Å². The van der Waals surface area contributed by atoms with Gasteiger partial charge in [0.1, 0.15) is 5.54 Å². The van der Waals surface area contributed by atoms with Gasteiger partial charge in [0.2, 0.25) is 0 Å². The number of nitrogens with zero attached hydrogens (tertiary/aromatic N) is 3. The summed E-state index contributed by atoms with van der Waals surface area (Å²) in [6.07, 6.45) is 4.76. The molecule has 0 radical (unpaired) electrons. The lowest BCUT2D eigenvalue weighted by Gasteiger charge is -2.36. The van der Waals surface area contributed by atoms with Crippen LogP contribution >= 0.6 is 0 Å². The van der Waals surface area contributed by atoms with Crippen molar-refractivity contribution in [2.24, 2.45) is 17.6 Å². The van der Waals surface area contributed by atoms with E-state index in [4.69, 9.17) is 5.73 Å². The first-order chi connectivity index (χ1) is 8.53. The molecule has 2 aliphatic rings. The zero-order chi connectivity index (χ0) is 13.2. The molecule has 1 aliphatic heterocycles. The summed E-state index contributed by atoms with van der Waals surface area (Å²) in [6.45, 7) is 4.16. The van der Waals surface area contributed by atoms with Gasteiger partial charge in [0.15, 0.2) is 0 Å². The molecule has 1 heterocycles. The van der Waals surface area contributed by atoms with E-state index in [-0.39, 0.29) is 0 Å². The van der Waals surface area contributed by atoms with Crippen LogP contribution in [0.25, 0.3) is 0 Å². The van der Waals surface area contributed by atoms with Gasteiger partial charge in [-0.25, -0.2) is 0 Å². The van der Waals surface area contributed by atoms with Gasteiger partial charge >= 0.3 is 0 Å². The van der Waals surface area contributed by atoms with Crippen LogP contribution in [0, 0.1) is 23.2 Å². The zero-order valence-electron chi connectivity index (χ0n) is 11.7. The van der Waals surface area contributed by atoms with Crippen LogP contribution in [0.5, 0.6) is 0 Å². The van der Waals surface area contributed by atoms with E-state index < -0.39 is 5.54 Å². The van der Waals surface area contributed by atoms with E-state index in [2.05, 4.69) is 30.0 Å². The van der Waals surface area contributed by atoms with E-state index >= 15 is 0 Å². The molecular weight excluding hydrogens is 224 g/mol. The van der Waals surface area contributed by atoms with Crippen molar-refractivity contribution in [1.82, 2.24) is 9.80 Å². The Balaban J connectivity index is 1.78. The van der Waals surface area contributed by atoms with Crippen LogP contribution in [0.1, 0.15) is 25.7 Å². The summed E-state index contributed by atoms with van der Waals surface area (Å²) in [4.78, 5) is 4.67. The Kier molecular flexibility index (Phi) is 4.26. The summed E-state index contributed by atoms with van der Waals surface area (Å²) in [6, 6.07) is 2.36. The molecule has 2 N–H and O–H groups in total. The summed E-state index contributed by atoms with van der Waals surface area (Å²) < 4.78 is 0. The second-order valence-corrected chi connectivity index (χ2v) is 6.41. The van der Waals surface area contributed by atoms with E-state index in [1.165, 1.54) is 19.4 Å². The molecule has 18 heavy (non-hydrogen) atoms. The number of hydrogen-bond donors (Lipinski definition) is 1. The van der Waals surface area contributed by atoms with Crippen molar-refractivity contribution in [3.63, 3.8) is 0 Å². The number of hydrogen-bond acceptors (Lipinski definition) is 4. The van der Waals surface area contributed by atoms with E-state index in [1.807, 2.05) is 0 Å². The standard InChI is InChI=1S/C14H26N4/c1-17(2)9-12-5-7-18(8-6-12)11-14(16,10-15)13-3-4-13/h12-13H,3-9,11,16H2,1-2H3. The Morgan fingerprint density at radius 2 is 1.89 bits per heavy atom. The molecule has 4 heteroatoms. The molecule has 2 rings (SSSR count). The quantitative estimate of drug-likeness (QED) is 0.787. The molecule has 102 valence electrons. The Bertz CT molecular complexity index is 310. The first-order valence-electron chi connectivity index (χ1n) is 7.11. The molecule has 0 aromatic rings. The molecule has 1 aliphatic carbocycles. The molecule has 1 saturated heterocycles. The predicted molar refractivity (Wildman–Crippen MR) is 73.0 cm³/mol. The maximum absolute atomic E-state index is 9.29. The van der Waals surface area contributed by atoms with Crippen molar-refractivity contribution in [1.29, 1.82) is 5.26 Å². The van der Waals surface area contributed by atoms with Gasteiger partial charge in [-0.05, 0) is 64.7 Å². The largest absolute Gasteiger partial charge is 0.312 e. The lowest BCUT2D eigenvalue weighted by molar-refractivity contribution is 0.141. The van der Waals surface area contributed by atoms with Gasteiger partial charge in [0.25, 0.3) is 0 Å². The molecule has 0 aromatic heterocycles. The summed E-state index contributed by atoms with van der Waals surface area (Å²) >= 11 is 0. The van der Waals surface area contributed by atoms with E-state index in [9.17, 15) is 5.26 Å². The lowest BCUT2D eigenvalue weighted by Crippen LogP contribution is -2.53. The number of rotatable bonds is 5. The second-order valence-electron chi connectivity index (χ2n) is 6.41. The van der Waals surface area contributed by atoms with Gasteiger partial charge in [-0.3, -0.25) is 0 Å². The summed E-state index contributed by atoms with van der Waals surface area (Å²) in [5, 5.41) is 9.29. The predicted octanol–water partition coefficient (Wildman–Crippen LogP) is 0.891. The molecule has 1 atom stereocenters. The lowest BCUT2D eigenvalue weighted by atomic mass is 9.92. The molecule has 0 aromatic carbocycles. The highest BCUT2D eigenvalue weighted by molar-refractivity contribution is 5.14. The van der Waals surface area contributed by atoms with E-state index in [1.54, 1.807) is 0 Å². The minimum absolute atomic E-state index is 0.446. The zero-order valence-corrected chi connectivity index (χ0v) is 11.7. The summed E-state index contributed by atoms with van der Waals surface area (Å²) in [7, 11) is 4.28. The molecule has 0 bridgehead atoms. The van der Waals surface area contributed by atoms with Crippen molar-refractivity contribution in [2.75, 3.05) is 40.3 Å². The van der Waals surface area contributed by atoms with Crippen LogP contribution in [0.15, 0.2) is 0 Å². The molecule has 0 amide bonds. The fourth-order valence-electron chi connectivity index (χ4n) is 3.07. The molecule has 1 unspecified atom stereocenters. The molecule has 2 fully saturated rings. The third kappa shape index (κ3) is 3.44. The highest BCUT2D eigenvalue weighted by Gasteiger charge is 2.44. The average Bonchev–Trinajstić information content (AvgIpc) is 3.15. The summed E-state index contributed by atoms with van der Waals surface area (Å²) in [5.74, 6) is 1.26. The normalized spacial score (nSPS) is 25.9. The van der Waals surface area contributed by atoms with Crippen LogP contribution in [0.3, 0.4) is 0 Å². The Hall–Kier alpha value is -0.630. The topological polar surface area (TPSA) is 56.3 Å². The van der Waals surface area contributed by atoms with Crippen LogP contribution in [0.2, 0.25) is 0 Å². The fraction of sp³-hybridized carbons (Fsp3) is 0.929. The van der Waals surface area contributed by atoms with Crippen molar-refractivity contribution >= 4 is 0 Å². The Labute approximate surface area is 111 Å². The third-order valence-corrected chi connectivity index (χ3v) is 4.33. The average molecular weight is 250 g/mol. The van der Waals surface area contributed by atoms with Crippen LogP contribution in [0.4, 0.5) is 0 Å². The number of nitriles is 1. The first-order valence-corrected chi connectivity index (χ1v) is 7.11. The number of nitrogens with two attached hydrogens (primary N) is 1. The van der Waals surface area contributed by atoms with Crippen LogP contribution in [-0.4, -0.2) is 55.6 Å². The third-order valence-electron chi connectivity index (χ3n) is 4.33. The van der Waals surface area contributed by atoms with E-state index in [0.717, 1.165) is 38.4 Å². The van der Waals surface area contributed by atoms with Gasteiger partial charge in [-0.15, -0.1) is 0 Å². The monoisotopic (exact) mass is 250 g/mol. The molecular formula is C14H26N4. The van der Waals surface area contributed by atoms with Crippen molar-refractivity contribution in [3.8, 4) is 6.07 Å². The van der Waals surface area contributed by atoms with Gasteiger partial charge in [-0.2, -0.15) is 5.26 Å². The van der Waals surface area contributed by atoms with Gasteiger partial charge in [0, 0.05) is 13.1 Å². The van der Waals surface area contributed by atoms with Crippen molar-refractivity contribution < 1.29 is 0 Å². The maximum atomic E-state index is 9.29. The molecule has 1 saturated carbocycles. The van der Waals surface area contributed by atoms with Crippen LogP contribution in [-0.2, 0) is 0 Å². The highest BCUT2D eigenvalue weighted by Crippen LogP contribution is 2.38. The fourth-order valence-corrected chi connectivity index (χ4v) is 3.07. The maximum Gasteiger partial charge on any atom is 0.119 e. The first kappa shape index (κ1) is 13.8. The van der Waals surface area contributed by atoms with Gasteiger partial charge in [-0.1, -0.05) is 0 Å². The molecule has 0 spiro atoms. The highest BCUT2D eigenvalue weighted by atomic mass is 15.2. The minimum atomic E-state index is -0.589. The molecule has 4 nitrogen and oxygen atoms in total. The SMILES string of the molecule is CN(C)CC1CCN(CC(N)(C#N)C2CC2)CC1. The minimum Gasteiger partial charge on any atom is -0.312 e. The Morgan fingerprint density at radius 3 is 2.33 bits per heavy atom. The number of likely N-dealkylation sites (tertiary alicyclic amines) is 1. The van der Waals surface area contributed by atoms with Gasteiger partial charge in [0.05, 0.1) is 6.07 Å². The van der Waals surface area contributed by atoms with Crippen molar-refractivity contribution in [3.05, 3.63) is 0 Å². The van der Waals surface area contributed by atoms with Crippen LogP contribution < -0.4 is 5.73 Å². The number of piperidine rings is 1. The second kappa shape index (κ2) is 5.56. The van der Waals surface area contributed by atoms with E-state index in [0.29, 0.717) is 5.92 Å². The van der Waals surface area contributed by atoms with Crippen molar-refractivity contribution in [2.45, 2.75) is 31.2 Å². The summed E-state index contributed by atoms with van der Waals surface area (Å²) in [5.41, 5.74) is 5.65. The smallest absolute Gasteiger partial charge is 0.119 e.